The highest BCUT2D eigenvalue weighted by Crippen LogP contribution is 2.24. The van der Waals surface area contributed by atoms with Crippen molar-refractivity contribution in [2.75, 3.05) is 13.1 Å². The van der Waals surface area contributed by atoms with Crippen LogP contribution in [0.25, 0.3) is 10.6 Å². The smallest absolute Gasteiger partial charge is 0.228 e. The fourth-order valence-electron chi connectivity index (χ4n) is 2.27. The summed E-state index contributed by atoms with van der Waals surface area (Å²) in [6.07, 6.45) is 0.351. The van der Waals surface area contributed by atoms with Crippen LogP contribution in [0.4, 0.5) is 0 Å². The van der Waals surface area contributed by atoms with Gasteiger partial charge in [-0.3, -0.25) is 4.79 Å². The Morgan fingerprint density at radius 2 is 2.18 bits per heavy atom. The summed E-state index contributed by atoms with van der Waals surface area (Å²) >= 11 is 1.59. The van der Waals surface area contributed by atoms with Gasteiger partial charge in [0.05, 0.1) is 12.1 Å². The van der Waals surface area contributed by atoms with Crippen LogP contribution in [0.5, 0.6) is 0 Å². The highest BCUT2D eigenvalue weighted by Gasteiger charge is 2.14. The first-order valence-electron chi connectivity index (χ1n) is 7.43. The first kappa shape index (κ1) is 16.4. The van der Waals surface area contributed by atoms with Gasteiger partial charge in [0.1, 0.15) is 5.01 Å². The van der Waals surface area contributed by atoms with E-state index in [0.717, 1.165) is 21.8 Å². The lowest BCUT2D eigenvalue weighted by Crippen LogP contribution is -2.33. The van der Waals surface area contributed by atoms with Crippen LogP contribution < -0.4 is 0 Å². The zero-order valence-corrected chi connectivity index (χ0v) is 14.2. The van der Waals surface area contributed by atoms with Gasteiger partial charge in [-0.2, -0.15) is 0 Å². The minimum absolute atomic E-state index is 0.103. The molecule has 0 N–H and O–H groups in total. The molecule has 0 spiro atoms. The van der Waals surface area contributed by atoms with Crippen molar-refractivity contribution in [1.29, 1.82) is 0 Å². The molecule has 1 aromatic heterocycles. The average molecular weight is 314 g/mol. The van der Waals surface area contributed by atoms with Gasteiger partial charge in [-0.05, 0) is 26.8 Å². The molecule has 2 aromatic rings. The predicted molar refractivity (Wildman–Crippen MR) is 93.1 cm³/mol. The maximum Gasteiger partial charge on any atom is 0.228 e. The Balaban J connectivity index is 2.08. The van der Waals surface area contributed by atoms with Gasteiger partial charge in [-0.1, -0.05) is 35.9 Å². The van der Waals surface area contributed by atoms with Crippen molar-refractivity contribution in [2.45, 2.75) is 27.2 Å². The summed E-state index contributed by atoms with van der Waals surface area (Å²) < 4.78 is 0. The maximum atomic E-state index is 12.3. The van der Waals surface area contributed by atoms with Gasteiger partial charge < -0.3 is 4.90 Å². The summed E-state index contributed by atoms with van der Waals surface area (Å²) in [5, 5.41) is 2.94. The normalized spacial score (nSPS) is 10.5. The van der Waals surface area contributed by atoms with Crippen LogP contribution in [0, 0.1) is 6.92 Å². The molecular weight excluding hydrogens is 292 g/mol. The number of nitrogens with zero attached hydrogens (tertiary/aromatic N) is 2. The van der Waals surface area contributed by atoms with E-state index in [9.17, 15) is 4.79 Å². The van der Waals surface area contributed by atoms with Crippen molar-refractivity contribution >= 4 is 17.2 Å². The number of thiazole rings is 1. The zero-order chi connectivity index (χ0) is 16.1. The van der Waals surface area contributed by atoms with Crippen molar-refractivity contribution in [2.24, 2.45) is 0 Å². The Morgan fingerprint density at radius 3 is 2.82 bits per heavy atom. The number of aromatic nitrogens is 1. The van der Waals surface area contributed by atoms with E-state index in [0.29, 0.717) is 19.5 Å². The third-order valence-electron chi connectivity index (χ3n) is 3.34. The lowest BCUT2D eigenvalue weighted by atomic mass is 10.1. The van der Waals surface area contributed by atoms with Gasteiger partial charge in [-0.15, -0.1) is 11.3 Å². The van der Waals surface area contributed by atoms with Crippen LogP contribution in [0.1, 0.15) is 25.1 Å². The van der Waals surface area contributed by atoms with E-state index >= 15 is 0 Å². The summed E-state index contributed by atoms with van der Waals surface area (Å²) in [6, 6.07) is 8.27. The number of likely N-dealkylation sites (N-methyl/N-ethyl adjacent to an activating group) is 1. The van der Waals surface area contributed by atoms with Gasteiger partial charge in [-0.25, -0.2) is 4.98 Å². The third-order valence-corrected chi connectivity index (χ3v) is 4.28. The first-order valence-corrected chi connectivity index (χ1v) is 8.31. The molecule has 1 amide bonds. The molecule has 0 radical (unpaired) electrons. The molecule has 0 bridgehead atoms. The first-order chi connectivity index (χ1) is 10.5. The molecule has 0 fully saturated rings. The van der Waals surface area contributed by atoms with Gasteiger partial charge >= 0.3 is 0 Å². The lowest BCUT2D eigenvalue weighted by molar-refractivity contribution is -0.129. The molecule has 2 rings (SSSR count). The second-order valence-corrected chi connectivity index (χ2v) is 6.41. The third kappa shape index (κ3) is 4.28. The van der Waals surface area contributed by atoms with E-state index in [-0.39, 0.29) is 5.91 Å². The SMILES string of the molecule is C=C(C)CN(CC)C(=O)Cc1csc(-c2cccc(C)c2)n1. The Morgan fingerprint density at radius 1 is 1.41 bits per heavy atom. The summed E-state index contributed by atoms with van der Waals surface area (Å²) in [7, 11) is 0. The van der Waals surface area contributed by atoms with Crippen LogP contribution in [-0.2, 0) is 11.2 Å². The predicted octanol–water partition coefficient (Wildman–Crippen LogP) is 4.09. The molecule has 0 aliphatic rings. The van der Waals surface area contributed by atoms with Crippen molar-refractivity contribution in [3.63, 3.8) is 0 Å². The summed E-state index contributed by atoms with van der Waals surface area (Å²) in [6.45, 7) is 11.2. The van der Waals surface area contributed by atoms with E-state index in [1.807, 2.05) is 30.2 Å². The molecule has 0 saturated heterocycles. The Labute approximate surface area is 136 Å². The second-order valence-electron chi connectivity index (χ2n) is 5.56. The molecule has 4 heteroatoms. The van der Waals surface area contributed by atoms with Crippen molar-refractivity contribution < 1.29 is 4.79 Å². The number of hydrogen-bond donors (Lipinski definition) is 0. The number of carbonyl (C=O) groups excluding carboxylic acids is 1. The summed E-state index contributed by atoms with van der Waals surface area (Å²) in [5.74, 6) is 0.103. The minimum atomic E-state index is 0.103. The molecule has 0 atom stereocenters. The summed E-state index contributed by atoms with van der Waals surface area (Å²) in [4.78, 5) is 18.7. The fraction of sp³-hybridized carbons (Fsp3) is 0.333. The topological polar surface area (TPSA) is 33.2 Å². The lowest BCUT2D eigenvalue weighted by Gasteiger charge is -2.20. The highest BCUT2D eigenvalue weighted by atomic mass is 32.1. The molecule has 1 aromatic carbocycles. The van der Waals surface area contributed by atoms with Gasteiger partial charge in [0.2, 0.25) is 5.91 Å². The quantitative estimate of drug-likeness (QED) is 0.753. The van der Waals surface area contributed by atoms with Crippen molar-refractivity contribution in [1.82, 2.24) is 9.88 Å². The standard InChI is InChI=1S/C18H22N2OS/c1-5-20(11-13(2)3)17(21)10-16-12-22-18(19-16)15-8-6-7-14(4)9-15/h6-9,12H,2,5,10-11H2,1,3-4H3. The number of amides is 1. The number of hydrogen-bond acceptors (Lipinski definition) is 3. The Bertz CT molecular complexity index is 675. The molecule has 0 saturated carbocycles. The van der Waals surface area contributed by atoms with E-state index in [2.05, 4.69) is 36.7 Å². The van der Waals surface area contributed by atoms with Crippen LogP contribution in [0.3, 0.4) is 0 Å². The van der Waals surface area contributed by atoms with Crippen LogP contribution in [-0.4, -0.2) is 28.9 Å². The van der Waals surface area contributed by atoms with Crippen LogP contribution >= 0.6 is 11.3 Å². The number of aryl methyl sites for hydroxylation is 1. The highest BCUT2D eigenvalue weighted by molar-refractivity contribution is 7.13. The molecule has 116 valence electrons. The van der Waals surface area contributed by atoms with E-state index in [1.165, 1.54) is 5.56 Å². The molecule has 22 heavy (non-hydrogen) atoms. The molecule has 3 nitrogen and oxygen atoms in total. The number of carbonyl (C=O) groups is 1. The van der Waals surface area contributed by atoms with Gasteiger partial charge in [0, 0.05) is 24.0 Å². The Hall–Kier alpha value is -1.94. The second kappa shape index (κ2) is 7.36. The monoisotopic (exact) mass is 314 g/mol. The average Bonchev–Trinajstić information content (AvgIpc) is 2.93. The fourth-order valence-corrected chi connectivity index (χ4v) is 3.08. The number of rotatable bonds is 6. The molecule has 0 aliphatic carbocycles. The maximum absolute atomic E-state index is 12.3. The summed E-state index contributed by atoms with van der Waals surface area (Å²) in [5.41, 5.74) is 4.16. The van der Waals surface area contributed by atoms with Crippen LogP contribution in [0.2, 0.25) is 0 Å². The van der Waals surface area contributed by atoms with Crippen molar-refractivity contribution in [3.05, 3.63) is 53.1 Å². The van der Waals surface area contributed by atoms with Crippen molar-refractivity contribution in [3.8, 4) is 10.6 Å². The molecular formula is C18H22N2OS. The zero-order valence-electron chi connectivity index (χ0n) is 13.4. The van der Waals surface area contributed by atoms with Gasteiger partial charge in [0.25, 0.3) is 0 Å². The molecule has 0 aliphatic heterocycles. The van der Waals surface area contributed by atoms with Crippen LogP contribution in [0.15, 0.2) is 41.8 Å². The minimum Gasteiger partial charge on any atom is -0.339 e. The number of benzene rings is 1. The van der Waals surface area contributed by atoms with Gasteiger partial charge in [0.15, 0.2) is 0 Å². The van der Waals surface area contributed by atoms with E-state index in [1.54, 1.807) is 11.3 Å². The van der Waals surface area contributed by atoms with E-state index in [4.69, 9.17) is 0 Å². The molecule has 1 heterocycles. The van der Waals surface area contributed by atoms with E-state index < -0.39 is 0 Å². The Kier molecular flexibility index (Phi) is 5.50. The largest absolute Gasteiger partial charge is 0.339 e. The molecule has 0 unspecified atom stereocenters.